The van der Waals surface area contributed by atoms with E-state index in [0.29, 0.717) is 12.1 Å². The smallest absolute Gasteiger partial charge is 0.252 e. The molecule has 31 heavy (non-hydrogen) atoms. The fourth-order valence-electron chi connectivity index (χ4n) is 3.87. The zero-order valence-electron chi connectivity index (χ0n) is 18.1. The lowest BCUT2D eigenvalue weighted by Crippen LogP contribution is -2.40. The summed E-state index contributed by atoms with van der Waals surface area (Å²) in [6.07, 6.45) is 6.76. The minimum Gasteiger partial charge on any atom is -0.352 e. The molecule has 1 aliphatic rings. The molecule has 3 rings (SSSR count). The van der Waals surface area contributed by atoms with Crippen LogP contribution < -0.4 is 16.2 Å². The van der Waals surface area contributed by atoms with Crippen LogP contribution in [0.25, 0.3) is 0 Å². The molecule has 166 valence electrons. The maximum atomic E-state index is 13.2. The summed E-state index contributed by atoms with van der Waals surface area (Å²) in [7, 11) is 0. The summed E-state index contributed by atoms with van der Waals surface area (Å²) in [5.74, 6) is -0.862. The Hall–Kier alpha value is -2.96. The van der Waals surface area contributed by atoms with Crippen LogP contribution in [0.3, 0.4) is 0 Å². The summed E-state index contributed by atoms with van der Waals surface area (Å²) in [5.41, 5.74) is 0.470. The number of pyridine rings is 1. The van der Waals surface area contributed by atoms with Gasteiger partial charge in [-0.05, 0) is 36.6 Å². The van der Waals surface area contributed by atoms with Crippen LogP contribution in [-0.4, -0.2) is 29.0 Å². The lowest BCUT2D eigenvalue weighted by Gasteiger charge is -2.25. The Morgan fingerprint density at radius 3 is 2.42 bits per heavy atom. The Labute approximate surface area is 181 Å². The van der Waals surface area contributed by atoms with Gasteiger partial charge in [0.2, 0.25) is 5.91 Å². The monoisotopic (exact) mass is 427 g/mol. The van der Waals surface area contributed by atoms with Crippen LogP contribution in [-0.2, 0) is 16.8 Å². The summed E-state index contributed by atoms with van der Waals surface area (Å²) >= 11 is 0. The minimum absolute atomic E-state index is 0.114. The quantitative estimate of drug-likeness (QED) is 0.712. The van der Waals surface area contributed by atoms with Crippen LogP contribution in [0.5, 0.6) is 0 Å². The lowest BCUT2D eigenvalue weighted by molar-refractivity contribution is -0.122. The first-order valence-electron chi connectivity index (χ1n) is 10.8. The van der Waals surface area contributed by atoms with Gasteiger partial charge >= 0.3 is 0 Å². The maximum absolute atomic E-state index is 13.2. The van der Waals surface area contributed by atoms with E-state index in [2.05, 4.69) is 10.6 Å². The Morgan fingerprint density at radius 1 is 1.06 bits per heavy atom. The zero-order valence-corrected chi connectivity index (χ0v) is 18.1. The van der Waals surface area contributed by atoms with Crippen molar-refractivity contribution in [1.29, 1.82) is 0 Å². The van der Waals surface area contributed by atoms with E-state index in [1.807, 2.05) is 13.8 Å². The van der Waals surface area contributed by atoms with Crippen molar-refractivity contribution in [2.45, 2.75) is 64.0 Å². The highest BCUT2D eigenvalue weighted by molar-refractivity contribution is 5.94. The van der Waals surface area contributed by atoms with Gasteiger partial charge in [0.15, 0.2) is 0 Å². The Morgan fingerprint density at radius 2 is 1.74 bits per heavy atom. The molecule has 2 aromatic rings. The van der Waals surface area contributed by atoms with Crippen LogP contribution in [0.15, 0.2) is 47.4 Å². The molecule has 1 aromatic heterocycles. The SMILES string of the molecule is CC(C)(CNC(=O)c1ccc(=O)n(CC(=O)NC2CCCCC2)c1)c1ccc(F)cc1. The van der Waals surface area contributed by atoms with Crippen molar-refractivity contribution in [2.24, 2.45) is 0 Å². The molecule has 0 bridgehead atoms. The number of nitrogens with zero attached hydrogens (tertiary/aromatic N) is 1. The summed E-state index contributed by atoms with van der Waals surface area (Å²) in [5, 5.41) is 5.85. The average molecular weight is 428 g/mol. The number of halogens is 1. The number of hydrogen-bond donors (Lipinski definition) is 2. The van der Waals surface area contributed by atoms with Gasteiger partial charge in [-0.3, -0.25) is 14.4 Å². The number of hydrogen-bond acceptors (Lipinski definition) is 3. The van der Waals surface area contributed by atoms with Crippen LogP contribution in [0.1, 0.15) is 61.9 Å². The van der Waals surface area contributed by atoms with Crippen LogP contribution >= 0.6 is 0 Å². The predicted molar refractivity (Wildman–Crippen MR) is 117 cm³/mol. The third-order valence-corrected chi connectivity index (χ3v) is 5.85. The zero-order chi connectivity index (χ0) is 22.4. The van der Waals surface area contributed by atoms with Gasteiger partial charge < -0.3 is 15.2 Å². The van der Waals surface area contributed by atoms with Crippen molar-refractivity contribution >= 4 is 11.8 Å². The second-order valence-electron chi connectivity index (χ2n) is 8.86. The molecule has 0 aliphatic heterocycles. The molecule has 0 saturated heterocycles. The van der Waals surface area contributed by atoms with Gasteiger partial charge in [-0.1, -0.05) is 45.2 Å². The van der Waals surface area contributed by atoms with Crippen molar-refractivity contribution in [3.63, 3.8) is 0 Å². The highest BCUT2D eigenvalue weighted by Crippen LogP contribution is 2.22. The topological polar surface area (TPSA) is 80.2 Å². The van der Waals surface area contributed by atoms with E-state index in [1.165, 1.54) is 41.5 Å². The first-order valence-corrected chi connectivity index (χ1v) is 10.8. The van der Waals surface area contributed by atoms with Crippen molar-refractivity contribution in [3.8, 4) is 0 Å². The molecule has 1 fully saturated rings. The predicted octanol–water partition coefficient (Wildman–Crippen LogP) is 3.14. The number of aromatic nitrogens is 1. The summed E-state index contributed by atoms with van der Waals surface area (Å²) in [4.78, 5) is 37.2. The molecule has 0 atom stereocenters. The number of carbonyl (C=O) groups is 2. The highest BCUT2D eigenvalue weighted by atomic mass is 19.1. The Kier molecular flexibility index (Phi) is 7.25. The number of carbonyl (C=O) groups excluding carboxylic acids is 2. The van der Waals surface area contributed by atoms with E-state index in [4.69, 9.17) is 0 Å². The van der Waals surface area contributed by atoms with Crippen molar-refractivity contribution in [3.05, 3.63) is 69.9 Å². The van der Waals surface area contributed by atoms with Crippen LogP contribution in [0.4, 0.5) is 4.39 Å². The second-order valence-corrected chi connectivity index (χ2v) is 8.86. The van der Waals surface area contributed by atoms with E-state index in [0.717, 1.165) is 31.2 Å². The first kappa shape index (κ1) is 22.7. The molecule has 1 aliphatic carbocycles. The largest absolute Gasteiger partial charge is 0.352 e. The molecule has 2 amide bonds. The number of amides is 2. The van der Waals surface area contributed by atoms with Crippen molar-refractivity contribution < 1.29 is 14.0 Å². The highest BCUT2D eigenvalue weighted by Gasteiger charge is 2.22. The van der Waals surface area contributed by atoms with Gasteiger partial charge in [0.05, 0.1) is 5.56 Å². The maximum Gasteiger partial charge on any atom is 0.252 e. The van der Waals surface area contributed by atoms with Gasteiger partial charge in [-0.2, -0.15) is 0 Å². The van der Waals surface area contributed by atoms with E-state index in [1.54, 1.807) is 12.1 Å². The van der Waals surface area contributed by atoms with E-state index < -0.39 is 5.41 Å². The van der Waals surface area contributed by atoms with Gasteiger partial charge in [-0.25, -0.2) is 4.39 Å². The number of rotatable bonds is 7. The molecule has 1 saturated carbocycles. The lowest BCUT2D eigenvalue weighted by atomic mass is 9.84. The molecule has 2 N–H and O–H groups in total. The standard InChI is InChI=1S/C24H30FN3O3/c1-24(2,18-9-11-19(25)12-10-18)16-26-23(31)17-8-13-22(30)28(14-17)15-21(29)27-20-6-4-3-5-7-20/h8-14,20H,3-7,15-16H2,1-2H3,(H,26,31)(H,27,29). The Balaban J connectivity index is 1.61. The van der Waals surface area contributed by atoms with Gasteiger partial charge in [0.25, 0.3) is 11.5 Å². The molecule has 7 heteroatoms. The average Bonchev–Trinajstić information content (AvgIpc) is 2.74. The molecule has 6 nitrogen and oxygen atoms in total. The van der Waals surface area contributed by atoms with E-state index >= 15 is 0 Å². The van der Waals surface area contributed by atoms with Crippen LogP contribution in [0, 0.1) is 5.82 Å². The minimum atomic E-state index is -0.405. The van der Waals surface area contributed by atoms with E-state index in [-0.39, 0.29) is 35.8 Å². The molecular formula is C24H30FN3O3. The van der Waals surface area contributed by atoms with Gasteiger partial charge in [0.1, 0.15) is 12.4 Å². The fraction of sp³-hybridized carbons (Fsp3) is 0.458. The molecule has 0 unspecified atom stereocenters. The van der Waals surface area contributed by atoms with Gasteiger partial charge in [0, 0.05) is 30.3 Å². The summed E-state index contributed by atoms with van der Waals surface area (Å²) < 4.78 is 14.4. The third-order valence-electron chi connectivity index (χ3n) is 5.85. The fourth-order valence-corrected chi connectivity index (χ4v) is 3.87. The van der Waals surface area contributed by atoms with Crippen molar-refractivity contribution in [1.82, 2.24) is 15.2 Å². The van der Waals surface area contributed by atoms with Gasteiger partial charge in [-0.15, -0.1) is 0 Å². The molecule has 0 radical (unpaired) electrons. The molecular weight excluding hydrogens is 397 g/mol. The Bertz CT molecular complexity index is 976. The molecule has 1 aromatic carbocycles. The summed E-state index contributed by atoms with van der Waals surface area (Å²) in [6, 6.07) is 9.11. The van der Waals surface area contributed by atoms with E-state index in [9.17, 15) is 18.8 Å². The molecule has 1 heterocycles. The first-order chi connectivity index (χ1) is 14.7. The van der Waals surface area contributed by atoms with Crippen molar-refractivity contribution in [2.75, 3.05) is 6.54 Å². The third kappa shape index (κ3) is 6.26. The number of benzene rings is 1. The van der Waals surface area contributed by atoms with Crippen LogP contribution in [0.2, 0.25) is 0 Å². The number of nitrogens with one attached hydrogen (secondary N) is 2. The normalized spacial score (nSPS) is 14.8. The second kappa shape index (κ2) is 9.90. The molecule has 0 spiro atoms. The summed E-state index contributed by atoms with van der Waals surface area (Å²) in [6.45, 7) is 4.13.